The van der Waals surface area contributed by atoms with Crippen molar-refractivity contribution in [1.29, 1.82) is 0 Å². The molecule has 2 aliphatic rings. The number of carbonyl (C=O) groups excluding carboxylic acids is 2. The van der Waals surface area contributed by atoms with E-state index in [4.69, 9.17) is 16.4 Å². The highest BCUT2D eigenvalue weighted by Gasteiger charge is 2.50. The Balaban J connectivity index is 1.79. The van der Waals surface area contributed by atoms with E-state index < -0.39 is 23.7 Å². The van der Waals surface area contributed by atoms with E-state index in [1.165, 1.54) is 30.3 Å². The van der Waals surface area contributed by atoms with Crippen LogP contribution in [-0.4, -0.2) is 17.9 Å². The summed E-state index contributed by atoms with van der Waals surface area (Å²) < 4.78 is 13.1. The van der Waals surface area contributed by atoms with Crippen LogP contribution in [0, 0.1) is 5.82 Å². The molecule has 4 rings (SSSR count). The standard InChI is InChI=1S/C17H10ClFN2O3/c18-10-2-1-3-12(8-10)21-16(22)13-14(20-24-15(13)17(21)23)9-4-6-11(19)7-5-9/h1-8,15,20H/t15-/m0/s1. The van der Waals surface area contributed by atoms with Crippen LogP contribution in [0.15, 0.2) is 54.1 Å². The SMILES string of the molecule is O=C1C2=C(c3ccc(F)cc3)NO[C@@H]2C(=O)N1c1cccc(Cl)c1. The average molecular weight is 345 g/mol. The molecule has 5 nitrogen and oxygen atoms in total. The van der Waals surface area contributed by atoms with Gasteiger partial charge in [0.15, 0.2) is 6.10 Å². The number of carbonyl (C=O) groups is 2. The molecule has 0 unspecified atom stereocenters. The Bertz CT molecular complexity index is 895. The maximum absolute atomic E-state index is 13.1. The molecule has 0 spiro atoms. The summed E-state index contributed by atoms with van der Waals surface area (Å²) in [7, 11) is 0. The quantitative estimate of drug-likeness (QED) is 0.851. The monoisotopic (exact) mass is 344 g/mol. The van der Waals surface area contributed by atoms with Crippen molar-refractivity contribution in [3.63, 3.8) is 0 Å². The first-order chi connectivity index (χ1) is 11.6. The first-order valence-electron chi connectivity index (χ1n) is 7.12. The number of nitrogens with one attached hydrogen (secondary N) is 1. The number of benzene rings is 2. The van der Waals surface area contributed by atoms with Crippen molar-refractivity contribution in [2.75, 3.05) is 4.90 Å². The molecule has 0 aliphatic carbocycles. The lowest BCUT2D eigenvalue weighted by Crippen LogP contribution is -2.34. The zero-order valence-corrected chi connectivity index (χ0v) is 12.9. The van der Waals surface area contributed by atoms with Crippen molar-refractivity contribution >= 4 is 34.8 Å². The van der Waals surface area contributed by atoms with Crippen LogP contribution in [0.2, 0.25) is 5.02 Å². The molecule has 1 saturated heterocycles. The smallest absolute Gasteiger partial charge is 0.270 e. The summed E-state index contributed by atoms with van der Waals surface area (Å²) in [5.74, 6) is -1.38. The molecule has 24 heavy (non-hydrogen) atoms. The maximum Gasteiger partial charge on any atom is 0.270 e. The number of hydroxylamine groups is 1. The largest absolute Gasteiger partial charge is 0.270 e. The summed E-state index contributed by atoms with van der Waals surface area (Å²) in [4.78, 5) is 31.6. The highest BCUT2D eigenvalue weighted by Crippen LogP contribution is 2.36. The molecule has 2 aliphatic heterocycles. The molecule has 1 atom stereocenters. The summed E-state index contributed by atoms with van der Waals surface area (Å²) in [6.07, 6.45) is -1.03. The van der Waals surface area contributed by atoms with Gasteiger partial charge in [0.05, 0.1) is 17.0 Å². The second kappa shape index (κ2) is 5.43. The lowest BCUT2D eigenvalue weighted by Gasteiger charge is -2.15. The van der Waals surface area contributed by atoms with Gasteiger partial charge < -0.3 is 0 Å². The maximum atomic E-state index is 13.1. The van der Waals surface area contributed by atoms with E-state index in [2.05, 4.69) is 5.48 Å². The topological polar surface area (TPSA) is 58.6 Å². The number of hydrogen-bond donors (Lipinski definition) is 1. The minimum absolute atomic E-state index is 0.201. The molecule has 2 aromatic carbocycles. The lowest BCUT2D eigenvalue weighted by molar-refractivity contribution is -0.127. The summed E-state index contributed by atoms with van der Waals surface area (Å²) in [6, 6.07) is 12.0. The van der Waals surface area contributed by atoms with Crippen LogP contribution in [0.4, 0.5) is 10.1 Å². The Morgan fingerprint density at radius 2 is 1.88 bits per heavy atom. The van der Waals surface area contributed by atoms with Crippen LogP contribution in [0.3, 0.4) is 0 Å². The second-order valence-corrected chi connectivity index (χ2v) is 5.79. The highest BCUT2D eigenvalue weighted by atomic mass is 35.5. The minimum Gasteiger partial charge on any atom is -0.270 e. The van der Waals surface area contributed by atoms with E-state index in [1.807, 2.05) is 0 Å². The molecule has 2 aromatic rings. The van der Waals surface area contributed by atoms with E-state index in [0.717, 1.165) is 4.90 Å². The molecule has 7 heteroatoms. The zero-order chi connectivity index (χ0) is 16.8. The van der Waals surface area contributed by atoms with Gasteiger partial charge >= 0.3 is 0 Å². The van der Waals surface area contributed by atoms with Crippen LogP contribution in [0.1, 0.15) is 5.56 Å². The fourth-order valence-corrected chi connectivity index (χ4v) is 2.97. The minimum atomic E-state index is -1.03. The summed E-state index contributed by atoms with van der Waals surface area (Å²) >= 11 is 5.94. The van der Waals surface area contributed by atoms with Gasteiger partial charge in [-0.25, -0.2) is 9.29 Å². The third-order valence-electron chi connectivity index (χ3n) is 3.89. The normalized spacial score (nSPS) is 19.8. The zero-order valence-electron chi connectivity index (χ0n) is 12.1. The van der Waals surface area contributed by atoms with Gasteiger partial charge in [-0.05, 0) is 42.5 Å². The fraction of sp³-hybridized carbons (Fsp3) is 0.0588. The molecule has 2 amide bonds. The number of nitrogens with zero attached hydrogens (tertiary/aromatic N) is 1. The van der Waals surface area contributed by atoms with Gasteiger partial charge in [0.2, 0.25) is 0 Å². The average Bonchev–Trinajstić information content (AvgIpc) is 3.09. The number of halogens is 2. The van der Waals surface area contributed by atoms with Crippen LogP contribution in [-0.2, 0) is 14.4 Å². The molecular formula is C17H10ClFN2O3. The Hall–Kier alpha value is -2.70. The highest BCUT2D eigenvalue weighted by molar-refractivity contribution is 6.34. The van der Waals surface area contributed by atoms with Gasteiger partial charge in [-0.1, -0.05) is 17.7 Å². The summed E-state index contributed by atoms with van der Waals surface area (Å²) in [6.45, 7) is 0. The van der Waals surface area contributed by atoms with Gasteiger partial charge in [0, 0.05) is 10.6 Å². The van der Waals surface area contributed by atoms with Gasteiger partial charge in [-0.15, -0.1) is 0 Å². The van der Waals surface area contributed by atoms with E-state index in [9.17, 15) is 14.0 Å². The van der Waals surface area contributed by atoms with E-state index in [0.29, 0.717) is 22.0 Å². The molecule has 2 heterocycles. The van der Waals surface area contributed by atoms with Crippen molar-refractivity contribution in [2.24, 2.45) is 0 Å². The molecule has 1 N–H and O–H groups in total. The van der Waals surface area contributed by atoms with Crippen molar-refractivity contribution in [1.82, 2.24) is 5.48 Å². The van der Waals surface area contributed by atoms with Crippen LogP contribution < -0.4 is 10.4 Å². The Morgan fingerprint density at radius 1 is 1.12 bits per heavy atom. The van der Waals surface area contributed by atoms with Crippen molar-refractivity contribution in [3.05, 3.63) is 70.5 Å². The number of hydrogen-bond acceptors (Lipinski definition) is 4. The first kappa shape index (κ1) is 14.9. The first-order valence-corrected chi connectivity index (χ1v) is 7.49. The van der Waals surface area contributed by atoms with Gasteiger partial charge in [0.1, 0.15) is 5.82 Å². The van der Waals surface area contributed by atoms with E-state index >= 15 is 0 Å². The predicted octanol–water partition coefficient (Wildman–Crippen LogP) is 2.67. The van der Waals surface area contributed by atoms with E-state index in [-0.39, 0.29) is 5.57 Å². The Morgan fingerprint density at radius 3 is 2.58 bits per heavy atom. The molecule has 0 aromatic heterocycles. The molecule has 120 valence electrons. The van der Waals surface area contributed by atoms with Crippen LogP contribution in [0.25, 0.3) is 5.70 Å². The predicted molar refractivity (Wildman–Crippen MR) is 85.3 cm³/mol. The van der Waals surface area contributed by atoms with Crippen LogP contribution >= 0.6 is 11.6 Å². The molecule has 0 radical (unpaired) electrons. The van der Waals surface area contributed by atoms with Crippen molar-refractivity contribution in [3.8, 4) is 0 Å². The van der Waals surface area contributed by atoms with Gasteiger partial charge in [-0.3, -0.25) is 19.9 Å². The van der Waals surface area contributed by atoms with Crippen molar-refractivity contribution < 1.29 is 18.8 Å². The summed E-state index contributed by atoms with van der Waals surface area (Å²) in [5, 5.41) is 0.414. The number of anilines is 1. The fourth-order valence-electron chi connectivity index (χ4n) is 2.78. The summed E-state index contributed by atoms with van der Waals surface area (Å²) in [5.41, 5.74) is 4.10. The van der Waals surface area contributed by atoms with Gasteiger partial charge in [0.25, 0.3) is 11.8 Å². The lowest BCUT2D eigenvalue weighted by atomic mass is 10.0. The van der Waals surface area contributed by atoms with E-state index in [1.54, 1.807) is 18.2 Å². The third kappa shape index (κ3) is 2.19. The van der Waals surface area contributed by atoms with Gasteiger partial charge in [-0.2, -0.15) is 0 Å². The number of imide groups is 1. The molecule has 1 fully saturated rings. The molecule has 0 saturated carbocycles. The Kier molecular flexibility index (Phi) is 3.37. The molecular weight excluding hydrogens is 335 g/mol. The number of amides is 2. The molecule has 0 bridgehead atoms. The number of rotatable bonds is 2. The number of fused-ring (bicyclic) bond motifs is 1. The second-order valence-electron chi connectivity index (χ2n) is 5.35. The van der Waals surface area contributed by atoms with Crippen molar-refractivity contribution in [2.45, 2.75) is 6.10 Å². The van der Waals surface area contributed by atoms with Crippen LogP contribution in [0.5, 0.6) is 0 Å². The third-order valence-corrected chi connectivity index (χ3v) is 4.12. The Labute approximate surface area is 141 Å².